The maximum Gasteiger partial charge on any atom is 0.256 e. The second-order valence-electron chi connectivity index (χ2n) is 5.13. The highest BCUT2D eigenvalue weighted by Crippen LogP contribution is 2.17. The average molecular weight is 337 g/mol. The number of carbonyl (C=O) groups excluding carboxylic acids is 1. The van der Waals surface area contributed by atoms with Crippen molar-refractivity contribution in [2.45, 2.75) is 26.8 Å². The fourth-order valence-corrected chi connectivity index (χ4v) is 2.58. The number of halogens is 1. The van der Waals surface area contributed by atoms with Crippen LogP contribution in [-0.4, -0.2) is 30.2 Å². The average Bonchev–Trinajstić information content (AvgIpc) is 2.55. The van der Waals surface area contributed by atoms with Crippen molar-refractivity contribution in [3.05, 3.63) is 45.2 Å². The van der Waals surface area contributed by atoms with Crippen LogP contribution in [0.15, 0.2) is 29.2 Å². The van der Waals surface area contributed by atoms with E-state index in [0.29, 0.717) is 43.1 Å². The molecule has 0 spiro atoms. The van der Waals surface area contributed by atoms with Crippen LogP contribution in [0.5, 0.6) is 0 Å². The number of benzene rings is 1. The van der Waals surface area contributed by atoms with Crippen molar-refractivity contribution >= 4 is 28.4 Å². The zero-order valence-electron chi connectivity index (χ0n) is 13.4. The van der Waals surface area contributed by atoms with Crippen molar-refractivity contribution in [3.63, 3.8) is 0 Å². The first-order valence-corrected chi connectivity index (χ1v) is 8.15. The summed E-state index contributed by atoms with van der Waals surface area (Å²) in [6, 6.07) is 5.15. The summed E-state index contributed by atoms with van der Waals surface area (Å²) in [6.07, 6.45) is 2.32. The van der Waals surface area contributed by atoms with Crippen LogP contribution >= 0.6 is 11.6 Å². The number of amides is 1. The van der Waals surface area contributed by atoms with Gasteiger partial charge in [0.1, 0.15) is 5.56 Å². The van der Waals surface area contributed by atoms with Crippen molar-refractivity contribution in [2.75, 3.05) is 19.8 Å². The molecule has 0 aliphatic rings. The second kappa shape index (κ2) is 8.13. The number of nitrogens with one attached hydrogen (secondary N) is 1. The zero-order chi connectivity index (χ0) is 16.8. The van der Waals surface area contributed by atoms with Crippen LogP contribution in [-0.2, 0) is 11.3 Å². The molecule has 0 aliphatic carbocycles. The van der Waals surface area contributed by atoms with Gasteiger partial charge in [0, 0.05) is 42.9 Å². The number of aromatic nitrogens is 1. The molecule has 1 heterocycles. The van der Waals surface area contributed by atoms with E-state index in [2.05, 4.69) is 5.32 Å². The van der Waals surface area contributed by atoms with Crippen molar-refractivity contribution < 1.29 is 9.53 Å². The molecule has 0 saturated carbocycles. The molecular weight excluding hydrogens is 316 g/mol. The number of fused-ring (bicyclic) bond motifs is 1. The highest BCUT2D eigenvalue weighted by molar-refractivity contribution is 6.31. The first-order valence-electron chi connectivity index (χ1n) is 7.77. The van der Waals surface area contributed by atoms with Gasteiger partial charge in [0.2, 0.25) is 5.43 Å². The Morgan fingerprint density at radius 1 is 1.35 bits per heavy atom. The predicted octanol–water partition coefficient (Wildman–Crippen LogP) is 2.83. The summed E-state index contributed by atoms with van der Waals surface area (Å²) in [5.74, 6) is -0.365. The predicted molar refractivity (Wildman–Crippen MR) is 92.3 cm³/mol. The maximum atomic E-state index is 12.6. The van der Waals surface area contributed by atoms with Gasteiger partial charge in [0.15, 0.2) is 0 Å². The molecule has 2 rings (SSSR count). The lowest BCUT2D eigenvalue weighted by atomic mass is 10.1. The second-order valence-corrected chi connectivity index (χ2v) is 5.56. The minimum Gasteiger partial charge on any atom is -0.382 e. The van der Waals surface area contributed by atoms with Crippen LogP contribution in [0.2, 0.25) is 5.02 Å². The summed E-state index contributed by atoms with van der Waals surface area (Å²) in [6.45, 7) is 6.25. The summed E-state index contributed by atoms with van der Waals surface area (Å²) in [5, 5.41) is 3.70. The molecule has 0 radical (unpaired) electrons. The molecule has 0 aliphatic heterocycles. The molecule has 0 fully saturated rings. The van der Waals surface area contributed by atoms with Gasteiger partial charge in [-0.1, -0.05) is 11.6 Å². The van der Waals surface area contributed by atoms with Gasteiger partial charge < -0.3 is 14.6 Å². The molecule has 0 bridgehead atoms. The number of hydrogen-bond acceptors (Lipinski definition) is 3. The molecule has 124 valence electrons. The number of hydrogen-bond donors (Lipinski definition) is 1. The maximum absolute atomic E-state index is 12.6. The van der Waals surface area contributed by atoms with E-state index in [1.165, 1.54) is 0 Å². The Morgan fingerprint density at radius 2 is 2.13 bits per heavy atom. The smallest absolute Gasteiger partial charge is 0.256 e. The Bertz CT molecular complexity index is 755. The summed E-state index contributed by atoms with van der Waals surface area (Å²) >= 11 is 5.99. The molecule has 1 amide bonds. The molecule has 5 nitrogen and oxygen atoms in total. The summed E-state index contributed by atoms with van der Waals surface area (Å²) < 4.78 is 7.10. The lowest BCUT2D eigenvalue weighted by Crippen LogP contribution is -2.31. The van der Waals surface area contributed by atoms with E-state index in [4.69, 9.17) is 16.3 Å². The van der Waals surface area contributed by atoms with Gasteiger partial charge in [-0.05, 0) is 38.5 Å². The molecule has 1 aromatic heterocycles. The van der Waals surface area contributed by atoms with Crippen LogP contribution in [0.25, 0.3) is 10.9 Å². The molecule has 0 atom stereocenters. The highest BCUT2D eigenvalue weighted by atomic mass is 35.5. The summed E-state index contributed by atoms with van der Waals surface area (Å²) in [4.78, 5) is 24.9. The number of nitrogens with zero attached hydrogens (tertiary/aromatic N) is 1. The monoisotopic (exact) mass is 336 g/mol. The van der Waals surface area contributed by atoms with Crippen LogP contribution in [0.1, 0.15) is 30.6 Å². The number of ether oxygens (including phenoxy) is 1. The molecule has 1 aromatic carbocycles. The van der Waals surface area contributed by atoms with Crippen LogP contribution in [0, 0.1) is 0 Å². The fraction of sp³-hybridized carbons (Fsp3) is 0.412. The Balaban J connectivity index is 2.28. The third-order valence-corrected chi connectivity index (χ3v) is 3.82. The van der Waals surface area contributed by atoms with E-state index in [1.807, 2.05) is 18.4 Å². The van der Waals surface area contributed by atoms with E-state index in [0.717, 1.165) is 5.52 Å². The Labute approximate surface area is 140 Å². The van der Waals surface area contributed by atoms with Crippen LogP contribution in [0.4, 0.5) is 0 Å². The first kappa shape index (κ1) is 17.5. The quantitative estimate of drug-likeness (QED) is 0.791. The van der Waals surface area contributed by atoms with E-state index in [9.17, 15) is 9.59 Å². The Morgan fingerprint density at radius 3 is 2.83 bits per heavy atom. The SMILES string of the molecule is CCOCCCNC(=O)c1cn(CC)c2ccc(Cl)cc2c1=O. The van der Waals surface area contributed by atoms with E-state index in [-0.39, 0.29) is 16.9 Å². The van der Waals surface area contributed by atoms with E-state index >= 15 is 0 Å². The van der Waals surface area contributed by atoms with Gasteiger partial charge in [-0.2, -0.15) is 0 Å². The topological polar surface area (TPSA) is 60.3 Å². The molecule has 6 heteroatoms. The lowest BCUT2D eigenvalue weighted by Gasteiger charge is -2.12. The highest BCUT2D eigenvalue weighted by Gasteiger charge is 2.15. The van der Waals surface area contributed by atoms with Gasteiger partial charge >= 0.3 is 0 Å². The number of rotatable bonds is 7. The van der Waals surface area contributed by atoms with Crippen molar-refractivity contribution in [2.24, 2.45) is 0 Å². The lowest BCUT2D eigenvalue weighted by molar-refractivity contribution is 0.0942. The summed E-state index contributed by atoms with van der Waals surface area (Å²) in [7, 11) is 0. The minimum atomic E-state index is -0.365. The van der Waals surface area contributed by atoms with Crippen LogP contribution in [0.3, 0.4) is 0 Å². The van der Waals surface area contributed by atoms with Gasteiger partial charge in [-0.25, -0.2) is 0 Å². The van der Waals surface area contributed by atoms with Gasteiger partial charge in [-0.3, -0.25) is 9.59 Å². The van der Waals surface area contributed by atoms with Crippen molar-refractivity contribution in [1.82, 2.24) is 9.88 Å². The summed E-state index contributed by atoms with van der Waals surface area (Å²) in [5.41, 5.74) is 0.613. The molecule has 2 aromatic rings. The Kier molecular flexibility index (Phi) is 6.19. The van der Waals surface area contributed by atoms with Gasteiger partial charge in [0.05, 0.1) is 5.52 Å². The molecule has 23 heavy (non-hydrogen) atoms. The van der Waals surface area contributed by atoms with Crippen molar-refractivity contribution in [3.8, 4) is 0 Å². The minimum absolute atomic E-state index is 0.137. The Hall–Kier alpha value is -1.85. The third-order valence-electron chi connectivity index (χ3n) is 3.58. The normalized spacial score (nSPS) is 10.9. The third kappa shape index (κ3) is 4.12. The first-order chi connectivity index (χ1) is 11.1. The number of aryl methyl sites for hydroxylation is 1. The number of pyridine rings is 1. The molecule has 0 unspecified atom stereocenters. The van der Waals surface area contributed by atoms with E-state index < -0.39 is 0 Å². The standard InChI is InChI=1S/C17H21ClN2O3/c1-3-20-11-14(17(22)19-8-5-9-23-4-2)16(21)13-10-12(18)6-7-15(13)20/h6-7,10-11H,3-5,8-9H2,1-2H3,(H,19,22). The largest absolute Gasteiger partial charge is 0.382 e. The fourth-order valence-electron chi connectivity index (χ4n) is 2.41. The van der Waals surface area contributed by atoms with Crippen molar-refractivity contribution in [1.29, 1.82) is 0 Å². The zero-order valence-corrected chi connectivity index (χ0v) is 14.2. The molecule has 0 saturated heterocycles. The van der Waals surface area contributed by atoms with E-state index in [1.54, 1.807) is 24.4 Å². The van der Waals surface area contributed by atoms with Crippen LogP contribution < -0.4 is 10.7 Å². The molecule has 1 N–H and O–H groups in total. The van der Waals surface area contributed by atoms with Gasteiger partial charge in [0.25, 0.3) is 5.91 Å². The van der Waals surface area contributed by atoms with Gasteiger partial charge in [-0.15, -0.1) is 0 Å². The molecular formula is C17H21ClN2O3. The number of carbonyl (C=O) groups is 1.